The second kappa shape index (κ2) is 6.30. The fourth-order valence-corrected chi connectivity index (χ4v) is 2.68. The molecule has 1 fully saturated rings. The highest BCUT2D eigenvalue weighted by atomic mass is 19.1. The smallest absolute Gasteiger partial charge is 0.261 e. The van der Waals surface area contributed by atoms with Gasteiger partial charge in [-0.25, -0.2) is 4.39 Å². The van der Waals surface area contributed by atoms with Crippen LogP contribution in [0.15, 0.2) is 35.6 Å². The number of ketones is 1. The second-order valence-corrected chi connectivity index (χ2v) is 6.03. The van der Waals surface area contributed by atoms with Gasteiger partial charge in [0, 0.05) is 6.54 Å². The van der Waals surface area contributed by atoms with Crippen LogP contribution in [0.2, 0.25) is 0 Å². The quantitative estimate of drug-likeness (QED) is 0.528. The van der Waals surface area contributed by atoms with Gasteiger partial charge in [0.15, 0.2) is 5.78 Å². The minimum Gasteiger partial charge on any atom is -0.512 e. The number of benzene rings is 1. The van der Waals surface area contributed by atoms with Gasteiger partial charge >= 0.3 is 0 Å². The van der Waals surface area contributed by atoms with Gasteiger partial charge in [0.2, 0.25) is 0 Å². The molecule has 4 nitrogen and oxygen atoms in total. The first-order chi connectivity index (χ1) is 10.3. The van der Waals surface area contributed by atoms with Crippen molar-refractivity contribution in [3.8, 4) is 0 Å². The van der Waals surface area contributed by atoms with Crippen LogP contribution in [0, 0.1) is 11.7 Å². The third-order valence-corrected chi connectivity index (χ3v) is 3.72. The van der Waals surface area contributed by atoms with E-state index in [0.29, 0.717) is 6.42 Å². The van der Waals surface area contributed by atoms with E-state index in [4.69, 9.17) is 0 Å². The maximum atomic E-state index is 13.0. The lowest BCUT2D eigenvalue weighted by atomic mass is 9.99. The molecule has 0 aliphatic carbocycles. The molecule has 2 rings (SSSR count). The van der Waals surface area contributed by atoms with Crippen molar-refractivity contribution >= 4 is 11.7 Å². The van der Waals surface area contributed by atoms with Gasteiger partial charge in [0.1, 0.15) is 17.1 Å². The molecule has 1 aromatic carbocycles. The molecule has 118 valence electrons. The van der Waals surface area contributed by atoms with Crippen molar-refractivity contribution < 1.29 is 19.1 Å². The molecule has 0 saturated carbocycles. The Kier molecular flexibility index (Phi) is 4.64. The highest BCUT2D eigenvalue weighted by molar-refractivity contribution is 6.26. The number of Topliss-reactive ketones (excluding diaryl/α,β-unsaturated/α-hetero) is 1. The summed E-state index contributed by atoms with van der Waals surface area (Å²) in [5.41, 5.74) is 0.612. The van der Waals surface area contributed by atoms with Crippen LogP contribution in [0.5, 0.6) is 0 Å². The molecule has 0 aromatic heterocycles. The summed E-state index contributed by atoms with van der Waals surface area (Å²) in [6.07, 6.45) is 0.530. The molecule has 1 aliphatic rings. The lowest BCUT2D eigenvalue weighted by molar-refractivity contribution is -0.128. The van der Waals surface area contributed by atoms with Crippen molar-refractivity contribution in [2.45, 2.75) is 39.8 Å². The fraction of sp³-hybridized carbons (Fsp3) is 0.412. The van der Waals surface area contributed by atoms with Crippen molar-refractivity contribution in [3.05, 3.63) is 47.0 Å². The normalized spacial score (nSPS) is 21.0. The summed E-state index contributed by atoms with van der Waals surface area (Å²) in [6, 6.07) is 5.25. The van der Waals surface area contributed by atoms with E-state index >= 15 is 0 Å². The van der Waals surface area contributed by atoms with Crippen LogP contribution in [-0.4, -0.2) is 27.7 Å². The Balaban J connectivity index is 2.32. The predicted molar refractivity (Wildman–Crippen MR) is 80.5 cm³/mol. The molecule has 1 aromatic rings. The number of allylic oxidation sites excluding steroid dienone is 1. The summed E-state index contributed by atoms with van der Waals surface area (Å²) >= 11 is 0. The Bertz CT molecular complexity index is 615. The summed E-state index contributed by atoms with van der Waals surface area (Å²) in [5, 5.41) is 9.63. The molecule has 1 saturated heterocycles. The molecular weight excluding hydrogens is 285 g/mol. The molecule has 0 spiro atoms. The number of aliphatic hydroxyl groups is 1. The molecule has 1 N–H and O–H groups in total. The van der Waals surface area contributed by atoms with Crippen LogP contribution in [0.1, 0.15) is 32.8 Å². The van der Waals surface area contributed by atoms with E-state index in [2.05, 4.69) is 0 Å². The number of hydrogen-bond donors (Lipinski definition) is 1. The van der Waals surface area contributed by atoms with E-state index in [1.807, 2.05) is 13.8 Å². The van der Waals surface area contributed by atoms with Crippen LogP contribution < -0.4 is 0 Å². The SMILES string of the molecule is CC(O)=C1C(=O)C(CC(C)C)N(Cc2ccc(F)cc2)C1=O. The lowest BCUT2D eigenvalue weighted by Gasteiger charge is -2.24. The number of hydrogen-bond acceptors (Lipinski definition) is 3. The minimum absolute atomic E-state index is 0.132. The Hall–Kier alpha value is -2.17. The predicted octanol–water partition coefficient (Wildman–Crippen LogP) is 2.98. The molecular formula is C17H20FNO3. The molecule has 1 atom stereocenters. The zero-order valence-corrected chi connectivity index (χ0v) is 13.0. The van der Waals surface area contributed by atoms with E-state index in [1.165, 1.54) is 24.0 Å². The monoisotopic (exact) mass is 305 g/mol. The third kappa shape index (κ3) is 3.18. The number of aliphatic hydroxyl groups excluding tert-OH is 1. The Labute approximate surface area is 129 Å². The average molecular weight is 305 g/mol. The molecule has 5 heteroatoms. The zero-order valence-electron chi connectivity index (χ0n) is 13.0. The van der Waals surface area contributed by atoms with E-state index in [-0.39, 0.29) is 35.4 Å². The highest BCUT2D eigenvalue weighted by Crippen LogP contribution is 2.28. The molecule has 1 amide bonds. The average Bonchev–Trinajstić information content (AvgIpc) is 2.65. The van der Waals surface area contributed by atoms with E-state index in [0.717, 1.165) is 5.56 Å². The first-order valence-electron chi connectivity index (χ1n) is 7.30. The maximum absolute atomic E-state index is 13.0. The van der Waals surface area contributed by atoms with Gasteiger partial charge in [-0.1, -0.05) is 26.0 Å². The van der Waals surface area contributed by atoms with Gasteiger partial charge in [0.05, 0.1) is 6.04 Å². The van der Waals surface area contributed by atoms with Crippen LogP contribution in [0.3, 0.4) is 0 Å². The molecule has 0 bridgehead atoms. The van der Waals surface area contributed by atoms with Gasteiger partial charge in [-0.15, -0.1) is 0 Å². The topological polar surface area (TPSA) is 57.6 Å². The maximum Gasteiger partial charge on any atom is 0.261 e. The van der Waals surface area contributed by atoms with Crippen LogP contribution in [-0.2, 0) is 16.1 Å². The fourth-order valence-electron chi connectivity index (χ4n) is 2.68. The number of nitrogens with zero attached hydrogens (tertiary/aromatic N) is 1. The van der Waals surface area contributed by atoms with Crippen LogP contribution in [0.25, 0.3) is 0 Å². The summed E-state index contributed by atoms with van der Waals surface area (Å²) in [7, 11) is 0. The number of carbonyl (C=O) groups excluding carboxylic acids is 2. The first kappa shape index (κ1) is 16.2. The number of amides is 1. The van der Waals surface area contributed by atoms with Crippen molar-refractivity contribution in [2.75, 3.05) is 0 Å². The Morgan fingerprint density at radius 3 is 2.36 bits per heavy atom. The first-order valence-corrected chi connectivity index (χ1v) is 7.30. The number of rotatable bonds is 4. The van der Waals surface area contributed by atoms with Gasteiger partial charge < -0.3 is 10.0 Å². The largest absolute Gasteiger partial charge is 0.512 e. The number of halogens is 1. The zero-order chi connectivity index (χ0) is 16.4. The molecule has 1 aliphatic heterocycles. The van der Waals surface area contributed by atoms with E-state index in [1.54, 1.807) is 12.1 Å². The van der Waals surface area contributed by atoms with Crippen molar-refractivity contribution in [1.82, 2.24) is 4.90 Å². The summed E-state index contributed by atoms with van der Waals surface area (Å²) in [5.74, 6) is -1.15. The molecule has 0 radical (unpaired) electrons. The molecule has 1 heterocycles. The van der Waals surface area contributed by atoms with Gasteiger partial charge in [0.25, 0.3) is 5.91 Å². The van der Waals surface area contributed by atoms with Crippen molar-refractivity contribution in [3.63, 3.8) is 0 Å². The van der Waals surface area contributed by atoms with E-state index in [9.17, 15) is 19.1 Å². The summed E-state index contributed by atoms with van der Waals surface area (Å²) < 4.78 is 13.0. The number of carbonyl (C=O) groups is 2. The van der Waals surface area contributed by atoms with Crippen molar-refractivity contribution in [2.24, 2.45) is 5.92 Å². The van der Waals surface area contributed by atoms with E-state index < -0.39 is 11.9 Å². The van der Waals surface area contributed by atoms with Crippen molar-refractivity contribution in [1.29, 1.82) is 0 Å². The van der Waals surface area contributed by atoms with Crippen LogP contribution in [0.4, 0.5) is 4.39 Å². The third-order valence-electron chi connectivity index (χ3n) is 3.72. The summed E-state index contributed by atoms with van der Waals surface area (Å²) in [4.78, 5) is 26.3. The van der Waals surface area contributed by atoms with Gasteiger partial charge in [-0.05, 0) is 37.0 Å². The Morgan fingerprint density at radius 1 is 1.27 bits per heavy atom. The lowest BCUT2D eigenvalue weighted by Crippen LogP contribution is -2.36. The highest BCUT2D eigenvalue weighted by Gasteiger charge is 2.44. The van der Waals surface area contributed by atoms with Gasteiger partial charge in [-0.3, -0.25) is 9.59 Å². The standard InChI is InChI=1S/C17H20FNO3/c1-10(2)8-14-16(21)15(11(3)20)17(22)19(14)9-12-4-6-13(18)7-5-12/h4-7,10,14,20H,8-9H2,1-3H3. The minimum atomic E-state index is -0.574. The summed E-state index contributed by atoms with van der Waals surface area (Å²) in [6.45, 7) is 5.51. The number of likely N-dealkylation sites (tertiary alicyclic amines) is 1. The van der Waals surface area contributed by atoms with Gasteiger partial charge in [-0.2, -0.15) is 0 Å². The molecule has 22 heavy (non-hydrogen) atoms. The van der Waals surface area contributed by atoms with Crippen LogP contribution >= 0.6 is 0 Å². The Morgan fingerprint density at radius 2 is 1.86 bits per heavy atom. The molecule has 1 unspecified atom stereocenters. The second-order valence-electron chi connectivity index (χ2n) is 6.03.